The van der Waals surface area contributed by atoms with E-state index >= 15 is 0 Å². The summed E-state index contributed by atoms with van der Waals surface area (Å²) in [7, 11) is 3.93. The Hall–Kier alpha value is -0.610. The maximum Gasteiger partial charge on any atom is 0.184 e. The summed E-state index contributed by atoms with van der Waals surface area (Å²) in [6, 6.07) is 0. The molecule has 0 aliphatic heterocycles. The van der Waals surface area contributed by atoms with E-state index in [4.69, 9.17) is 5.11 Å². The molecule has 1 aromatic heterocycles. The first-order valence-electron chi connectivity index (χ1n) is 3.89. The molecule has 0 radical (unpaired) electrons. The predicted molar refractivity (Wildman–Crippen MR) is 51.8 cm³/mol. The molecule has 0 saturated heterocycles. The lowest BCUT2D eigenvalue weighted by Gasteiger charge is -2.05. The summed E-state index contributed by atoms with van der Waals surface area (Å²) in [5, 5.41) is 10.1. The van der Waals surface area contributed by atoms with Crippen LogP contribution in [0.1, 0.15) is 11.8 Å². The zero-order valence-corrected chi connectivity index (χ0v) is 8.43. The van der Waals surface area contributed by atoms with Crippen molar-refractivity contribution in [2.75, 3.05) is 19.0 Å². The van der Waals surface area contributed by atoms with Crippen LogP contribution in [-0.2, 0) is 6.42 Å². The van der Waals surface area contributed by atoms with E-state index in [9.17, 15) is 0 Å². The fraction of sp³-hybridized carbons (Fsp3) is 0.625. The molecule has 0 aliphatic rings. The molecule has 3 nitrogen and oxygen atoms in total. The first kappa shape index (κ1) is 9.48. The SMILES string of the molecule is C[C@@H](O)Cc1cnc(N(C)C)s1. The molecule has 0 aliphatic carbocycles. The topological polar surface area (TPSA) is 36.4 Å². The van der Waals surface area contributed by atoms with Crippen molar-refractivity contribution in [1.29, 1.82) is 0 Å². The van der Waals surface area contributed by atoms with Gasteiger partial charge in [0.1, 0.15) is 0 Å². The normalized spacial score (nSPS) is 13.0. The molecule has 68 valence electrons. The molecule has 12 heavy (non-hydrogen) atoms. The van der Waals surface area contributed by atoms with Crippen molar-refractivity contribution in [3.8, 4) is 0 Å². The van der Waals surface area contributed by atoms with Gasteiger partial charge in [-0.3, -0.25) is 0 Å². The van der Waals surface area contributed by atoms with E-state index in [1.54, 1.807) is 18.3 Å². The van der Waals surface area contributed by atoms with Gasteiger partial charge in [-0.1, -0.05) is 0 Å². The highest BCUT2D eigenvalue weighted by Crippen LogP contribution is 2.21. The number of hydrogen-bond acceptors (Lipinski definition) is 4. The Balaban J connectivity index is 2.64. The maximum absolute atomic E-state index is 9.12. The van der Waals surface area contributed by atoms with E-state index in [1.165, 1.54) is 0 Å². The van der Waals surface area contributed by atoms with Crippen LogP contribution in [0.3, 0.4) is 0 Å². The summed E-state index contributed by atoms with van der Waals surface area (Å²) in [5.74, 6) is 0. The molecule has 0 fully saturated rings. The van der Waals surface area contributed by atoms with Crippen molar-refractivity contribution in [2.45, 2.75) is 19.4 Å². The lowest BCUT2D eigenvalue weighted by molar-refractivity contribution is 0.196. The van der Waals surface area contributed by atoms with Crippen molar-refractivity contribution >= 4 is 16.5 Å². The molecular formula is C8H14N2OS. The van der Waals surface area contributed by atoms with Crippen molar-refractivity contribution < 1.29 is 5.11 Å². The van der Waals surface area contributed by atoms with Crippen molar-refractivity contribution in [3.63, 3.8) is 0 Å². The molecular weight excluding hydrogens is 172 g/mol. The molecule has 1 rings (SSSR count). The molecule has 1 atom stereocenters. The van der Waals surface area contributed by atoms with Crippen LogP contribution in [0.25, 0.3) is 0 Å². The average molecular weight is 186 g/mol. The second-order valence-corrected chi connectivity index (χ2v) is 4.15. The van der Waals surface area contributed by atoms with Crippen LogP contribution >= 0.6 is 11.3 Å². The maximum atomic E-state index is 9.12. The number of nitrogens with zero attached hydrogens (tertiary/aromatic N) is 2. The lowest BCUT2D eigenvalue weighted by atomic mass is 10.3. The van der Waals surface area contributed by atoms with Crippen molar-refractivity contribution in [1.82, 2.24) is 4.98 Å². The van der Waals surface area contributed by atoms with Crippen LogP contribution < -0.4 is 4.90 Å². The minimum atomic E-state index is -0.277. The fourth-order valence-electron chi connectivity index (χ4n) is 0.889. The van der Waals surface area contributed by atoms with Gasteiger partial charge in [0.15, 0.2) is 5.13 Å². The highest BCUT2D eigenvalue weighted by molar-refractivity contribution is 7.15. The van der Waals surface area contributed by atoms with Crippen LogP contribution in [0.4, 0.5) is 5.13 Å². The number of aromatic nitrogens is 1. The second-order valence-electron chi connectivity index (χ2n) is 3.06. The summed E-state index contributed by atoms with van der Waals surface area (Å²) in [5.41, 5.74) is 0. The van der Waals surface area contributed by atoms with E-state index in [1.807, 2.05) is 25.2 Å². The predicted octanol–water partition coefficient (Wildman–Crippen LogP) is 1.13. The Bertz CT molecular complexity index is 245. The minimum Gasteiger partial charge on any atom is -0.393 e. The molecule has 0 spiro atoms. The number of thiazole rings is 1. The fourth-order valence-corrected chi connectivity index (χ4v) is 1.84. The van der Waals surface area contributed by atoms with E-state index in [-0.39, 0.29) is 6.10 Å². The summed E-state index contributed by atoms with van der Waals surface area (Å²) < 4.78 is 0. The van der Waals surface area contributed by atoms with Gasteiger partial charge in [-0.05, 0) is 6.92 Å². The van der Waals surface area contributed by atoms with Crippen molar-refractivity contribution in [3.05, 3.63) is 11.1 Å². The Morgan fingerprint density at radius 2 is 2.33 bits per heavy atom. The van der Waals surface area contributed by atoms with Gasteiger partial charge in [0.2, 0.25) is 0 Å². The molecule has 1 heterocycles. The summed E-state index contributed by atoms with van der Waals surface area (Å²) >= 11 is 1.62. The van der Waals surface area contributed by atoms with Gasteiger partial charge in [-0.15, -0.1) is 11.3 Å². The first-order valence-corrected chi connectivity index (χ1v) is 4.71. The van der Waals surface area contributed by atoms with E-state index in [2.05, 4.69) is 4.98 Å². The monoisotopic (exact) mass is 186 g/mol. The number of aliphatic hydroxyl groups excluding tert-OH is 1. The molecule has 0 bridgehead atoms. The van der Waals surface area contributed by atoms with Crippen LogP contribution in [0, 0.1) is 0 Å². The third-order valence-corrected chi connectivity index (χ3v) is 2.61. The second kappa shape index (κ2) is 3.87. The highest BCUT2D eigenvalue weighted by atomic mass is 32.1. The number of rotatable bonds is 3. The molecule has 1 aromatic rings. The quantitative estimate of drug-likeness (QED) is 0.769. The van der Waals surface area contributed by atoms with Crippen LogP contribution in [0.2, 0.25) is 0 Å². The Labute approximate surface area is 76.7 Å². The largest absolute Gasteiger partial charge is 0.393 e. The third kappa shape index (κ3) is 2.46. The molecule has 0 amide bonds. The Kier molecular flexibility index (Phi) is 3.05. The smallest absolute Gasteiger partial charge is 0.184 e. The van der Waals surface area contributed by atoms with Gasteiger partial charge >= 0.3 is 0 Å². The van der Waals surface area contributed by atoms with Crippen LogP contribution in [0.15, 0.2) is 6.20 Å². The van der Waals surface area contributed by atoms with Gasteiger partial charge < -0.3 is 10.0 Å². The minimum absolute atomic E-state index is 0.277. The summed E-state index contributed by atoms with van der Waals surface area (Å²) in [6.07, 6.45) is 2.25. The average Bonchev–Trinajstić information content (AvgIpc) is 2.34. The molecule has 0 unspecified atom stereocenters. The van der Waals surface area contributed by atoms with Gasteiger partial charge in [0.25, 0.3) is 0 Å². The molecule has 0 aromatic carbocycles. The van der Waals surface area contributed by atoms with E-state index in [0.717, 1.165) is 10.0 Å². The molecule has 1 N–H and O–H groups in total. The van der Waals surface area contributed by atoms with Crippen molar-refractivity contribution in [2.24, 2.45) is 0 Å². The Morgan fingerprint density at radius 1 is 1.67 bits per heavy atom. The van der Waals surface area contributed by atoms with Gasteiger partial charge in [0.05, 0.1) is 6.10 Å². The lowest BCUT2D eigenvalue weighted by Crippen LogP contribution is -2.07. The Morgan fingerprint density at radius 3 is 2.75 bits per heavy atom. The van der Waals surface area contributed by atoms with E-state index in [0.29, 0.717) is 6.42 Å². The summed E-state index contributed by atoms with van der Waals surface area (Å²) in [4.78, 5) is 7.30. The van der Waals surface area contributed by atoms with Gasteiger partial charge in [0, 0.05) is 31.6 Å². The van der Waals surface area contributed by atoms with Crippen LogP contribution in [0.5, 0.6) is 0 Å². The first-order chi connectivity index (χ1) is 5.59. The van der Waals surface area contributed by atoms with E-state index < -0.39 is 0 Å². The molecule has 0 saturated carbocycles. The van der Waals surface area contributed by atoms with Gasteiger partial charge in [-0.2, -0.15) is 0 Å². The zero-order chi connectivity index (χ0) is 9.14. The number of anilines is 1. The number of hydrogen-bond donors (Lipinski definition) is 1. The summed E-state index contributed by atoms with van der Waals surface area (Å²) in [6.45, 7) is 1.79. The standard InChI is InChI=1S/C8H14N2OS/c1-6(11)4-7-5-9-8(12-7)10(2)3/h5-6,11H,4H2,1-3H3/t6-/m1/s1. The zero-order valence-electron chi connectivity index (χ0n) is 7.61. The molecule has 4 heteroatoms. The number of aliphatic hydroxyl groups is 1. The highest BCUT2D eigenvalue weighted by Gasteiger charge is 2.05. The third-order valence-electron chi connectivity index (χ3n) is 1.42. The van der Waals surface area contributed by atoms with Crippen LogP contribution in [-0.4, -0.2) is 30.3 Å². The van der Waals surface area contributed by atoms with Gasteiger partial charge in [-0.25, -0.2) is 4.98 Å².